The molecule has 1 aliphatic rings. The molecule has 1 aliphatic heterocycles. The van der Waals surface area contributed by atoms with Gasteiger partial charge in [0.05, 0.1) is 6.54 Å². The van der Waals surface area contributed by atoms with Gasteiger partial charge in [-0.05, 0) is 50.6 Å². The number of nitrogens with two attached hydrogens (primary N) is 1. The minimum Gasteiger partial charge on any atom is -0.394 e. The molecular formula is C27H29F4N5OS. The van der Waals surface area contributed by atoms with Crippen molar-refractivity contribution in [3.8, 4) is 6.07 Å². The van der Waals surface area contributed by atoms with Gasteiger partial charge >= 0.3 is 6.18 Å². The fourth-order valence-electron chi connectivity index (χ4n) is 4.38. The summed E-state index contributed by atoms with van der Waals surface area (Å²) < 4.78 is 56.7. The van der Waals surface area contributed by atoms with E-state index in [2.05, 4.69) is 16.4 Å². The van der Waals surface area contributed by atoms with Crippen LogP contribution in [-0.2, 0) is 11.3 Å². The van der Waals surface area contributed by atoms with Crippen LogP contribution >= 0.6 is 11.3 Å². The minimum absolute atomic E-state index is 0.0602. The topological polar surface area (TPSA) is 94.5 Å². The number of likely N-dealkylation sites (N-methyl/N-ethyl adjacent to an activating group) is 1. The van der Waals surface area contributed by atoms with E-state index in [1.165, 1.54) is 29.5 Å². The van der Waals surface area contributed by atoms with Crippen molar-refractivity contribution in [2.24, 2.45) is 10.7 Å². The lowest BCUT2D eigenvalue weighted by Crippen LogP contribution is -2.38. The first-order valence-corrected chi connectivity index (χ1v) is 12.8. The number of carbonyl (C=O) groups excluding carboxylic acids is 1. The number of allylic oxidation sites excluding steroid dienone is 2. The largest absolute Gasteiger partial charge is 0.431 e. The molecule has 0 saturated carbocycles. The quantitative estimate of drug-likeness (QED) is 0.289. The average Bonchev–Trinajstić information content (AvgIpc) is 3.21. The van der Waals surface area contributed by atoms with E-state index in [-0.39, 0.29) is 42.7 Å². The summed E-state index contributed by atoms with van der Waals surface area (Å²) in [5, 5.41) is 12.7. The third-order valence-electron chi connectivity index (χ3n) is 6.44. The van der Waals surface area contributed by atoms with Gasteiger partial charge in [0.25, 0.3) is 0 Å². The number of halogens is 4. The number of nitrogens with zero attached hydrogens (tertiary/aromatic N) is 3. The molecule has 0 fully saturated rings. The molecule has 2 heterocycles. The van der Waals surface area contributed by atoms with Crippen LogP contribution in [0.15, 0.2) is 41.0 Å². The van der Waals surface area contributed by atoms with E-state index in [0.717, 1.165) is 17.2 Å². The number of rotatable bonds is 7. The van der Waals surface area contributed by atoms with Crippen molar-refractivity contribution in [3.63, 3.8) is 0 Å². The summed E-state index contributed by atoms with van der Waals surface area (Å²) in [5.41, 5.74) is 4.76. The van der Waals surface area contributed by atoms with Gasteiger partial charge in [0.1, 0.15) is 22.5 Å². The zero-order chi connectivity index (χ0) is 28.2. The number of benzene rings is 1. The number of aliphatic imine (C=N–C) groups is 1. The Morgan fingerprint density at radius 2 is 2.13 bits per heavy atom. The molecule has 3 N–H and O–H groups in total. The van der Waals surface area contributed by atoms with Crippen molar-refractivity contribution in [1.82, 2.24) is 10.2 Å². The van der Waals surface area contributed by atoms with Crippen molar-refractivity contribution in [2.45, 2.75) is 45.5 Å². The third kappa shape index (κ3) is 5.97. The normalized spacial score (nSPS) is 17.4. The number of nitrogens with one attached hydrogen (secondary N) is 1. The van der Waals surface area contributed by atoms with Crippen molar-refractivity contribution < 1.29 is 22.4 Å². The summed E-state index contributed by atoms with van der Waals surface area (Å²) in [4.78, 5) is 19.8. The van der Waals surface area contributed by atoms with E-state index in [1.54, 1.807) is 31.9 Å². The summed E-state index contributed by atoms with van der Waals surface area (Å²) >= 11 is 1.23. The minimum atomic E-state index is -4.92. The molecule has 1 aromatic carbocycles. The third-order valence-corrected chi connectivity index (χ3v) is 7.64. The monoisotopic (exact) mass is 547 g/mol. The Hall–Kier alpha value is -3.49. The average molecular weight is 548 g/mol. The number of hydrogen-bond donors (Lipinski definition) is 2. The standard InChI is InChI=1S/C27H29F4N5OS/c1-5-35-12-18(26(33)27(29,30)31)25-17(7-6-8-20(25)28)19-13-36(23(37)10-9-15(2)34-4)14-22-24(19)16(3)21(11-32)38-22/h6-10,12,15,19,34H,5,13-14,33H2,1-4H3/b10-9+,26-18?,35-12?/t15-,19+/m1/s1. The zero-order valence-electron chi connectivity index (χ0n) is 21.5. The highest BCUT2D eigenvalue weighted by Gasteiger charge is 2.38. The Kier molecular flexibility index (Phi) is 9.12. The molecule has 0 radical (unpaired) electrons. The first kappa shape index (κ1) is 29.1. The van der Waals surface area contributed by atoms with Crippen LogP contribution in [-0.4, -0.2) is 49.4 Å². The lowest BCUT2D eigenvalue weighted by Gasteiger charge is -2.34. The Morgan fingerprint density at radius 3 is 2.74 bits per heavy atom. The van der Waals surface area contributed by atoms with Crippen LogP contribution in [0.1, 0.15) is 51.8 Å². The fraction of sp³-hybridized carbons (Fsp3) is 0.370. The molecule has 202 valence electrons. The van der Waals surface area contributed by atoms with E-state index in [0.29, 0.717) is 16.0 Å². The highest BCUT2D eigenvalue weighted by molar-refractivity contribution is 7.12. The maximum Gasteiger partial charge on any atom is 0.431 e. The van der Waals surface area contributed by atoms with Gasteiger partial charge in [0.2, 0.25) is 5.91 Å². The van der Waals surface area contributed by atoms with Crippen LogP contribution in [0.2, 0.25) is 0 Å². The number of carbonyl (C=O) groups is 1. The van der Waals surface area contributed by atoms with Gasteiger partial charge in [0.15, 0.2) is 0 Å². The van der Waals surface area contributed by atoms with Gasteiger partial charge < -0.3 is 16.0 Å². The highest BCUT2D eigenvalue weighted by Crippen LogP contribution is 2.44. The number of nitriles is 1. The Labute approximate surface area is 223 Å². The summed E-state index contributed by atoms with van der Waals surface area (Å²) in [5.74, 6) is -1.90. The first-order chi connectivity index (χ1) is 17.9. The number of hydrogen-bond acceptors (Lipinski definition) is 6. The lowest BCUT2D eigenvalue weighted by molar-refractivity contribution is -0.127. The summed E-state index contributed by atoms with van der Waals surface area (Å²) in [6.45, 7) is 5.74. The predicted octanol–water partition coefficient (Wildman–Crippen LogP) is 5.03. The van der Waals surface area contributed by atoms with Crippen LogP contribution in [0.3, 0.4) is 0 Å². The summed E-state index contributed by atoms with van der Waals surface area (Å²) in [6.07, 6.45) is -0.842. The van der Waals surface area contributed by atoms with Crippen molar-refractivity contribution in [1.29, 1.82) is 5.26 Å². The zero-order valence-corrected chi connectivity index (χ0v) is 22.3. The predicted molar refractivity (Wildman–Crippen MR) is 141 cm³/mol. The van der Waals surface area contributed by atoms with Gasteiger partial charge in [-0.25, -0.2) is 4.39 Å². The molecule has 1 amide bonds. The van der Waals surface area contributed by atoms with E-state index in [4.69, 9.17) is 5.73 Å². The van der Waals surface area contributed by atoms with Gasteiger partial charge in [-0.1, -0.05) is 18.2 Å². The van der Waals surface area contributed by atoms with Crippen molar-refractivity contribution >= 4 is 29.0 Å². The van der Waals surface area contributed by atoms with Crippen LogP contribution in [0.4, 0.5) is 17.6 Å². The number of alkyl halides is 3. The molecule has 11 heteroatoms. The molecule has 0 aliphatic carbocycles. The highest BCUT2D eigenvalue weighted by atomic mass is 32.1. The van der Waals surface area contributed by atoms with E-state index >= 15 is 4.39 Å². The van der Waals surface area contributed by atoms with Crippen LogP contribution in [0.25, 0.3) is 5.57 Å². The lowest BCUT2D eigenvalue weighted by atomic mass is 9.81. The summed E-state index contributed by atoms with van der Waals surface area (Å²) in [7, 11) is 1.76. The smallest absolute Gasteiger partial charge is 0.394 e. The SMILES string of the molecule is CCN=CC(=C(N)C(F)(F)F)c1c(F)cccc1[C@@H]1CN(C(=O)/C=C/[C@@H](C)NC)Cc2sc(C#N)c(C)c21. The second kappa shape index (κ2) is 11.9. The molecular weight excluding hydrogens is 518 g/mol. The Morgan fingerprint density at radius 1 is 1.42 bits per heavy atom. The maximum atomic E-state index is 15.4. The Balaban J connectivity index is 2.27. The van der Waals surface area contributed by atoms with Gasteiger partial charge in [-0.2, -0.15) is 18.4 Å². The summed E-state index contributed by atoms with van der Waals surface area (Å²) in [6, 6.07) is 6.10. The van der Waals surface area contributed by atoms with Crippen LogP contribution in [0, 0.1) is 24.1 Å². The van der Waals surface area contributed by atoms with E-state index < -0.39 is 29.2 Å². The molecule has 2 atom stereocenters. The van der Waals surface area contributed by atoms with Crippen molar-refractivity contribution in [2.75, 3.05) is 20.1 Å². The van der Waals surface area contributed by atoms with E-state index in [9.17, 15) is 23.2 Å². The molecule has 0 saturated heterocycles. The van der Waals surface area contributed by atoms with Crippen LogP contribution < -0.4 is 11.1 Å². The molecule has 2 aromatic rings. The van der Waals surface area contributed by atoms with Gasteiger partial charge in [0, 0.05) is 53.4 Å². The number of fused-ring (bicyclic) bond motifs is 1. The van der Waals surface area contributed by atoms with Crippen molar-refractivity contribution in [3.05, 3.63) is 73.9 Å². The molecule has 0 unspecified atom stereocenters. The second-order valence-electron chi connectivity index (χ2n) is 8.87. The van der Waals surface area contributed by atoms with Crippen LogP contribution in [0.5, 0.6) is 0 Å². The molecule has 6 nitrogen and oxygen atoms in total. The molecule has 1 aromatic heterocycles. The van der Waals surface area contributed by atoms with E-state index in [1.807, 2.05) is 6.92 Å². The van der Waals surface area contributed by atoms with Gasteiger partial charge in [-0.3, -0.25) is 9.79 Å². The fourth-order valence-corrected chi connectivity index (χ4v) is 5.57. The molecule has 0 bridgehead atoms. The number of thiophene rings is 1. The van der Waals surface area contributed by atoms with Gasteiger partial charge in [-0.15, -0.1) is 11.3 Å². The molecule has 3 rings (SSSR count). The molecule has 0 spiro atoms. The Bertz CT molecular complexity index is 1340. The number of amides is 1. The second-order valence-corrected chi connectivity index (χ2v) is 9.97. The molecule has 38 heavy (non-hydrogen) atoms. The first-order valence-electron chi connectivity index (χ1n) is 12.0. The maximum absolute atomic E-state index is 15.4.